The molecular formula is C29H36N6O6. The van der Waals surface area contributed by atoms with E-state index < -0.39 is 35.3 Å². The van der Waals surface area contributed by atoms with E-state index in [1.807, 2.05) is 4.90 Å². The Kier molecular flexibility index (Phi) is 8.56. The molecule has 12 heteroatoms. The number of fused-ring (bicyclic) bond motifs is 1. The van der Waals surface area contributed by atoms with Crippen molar-refractivity contribution in [3.05, 3.63) is 50.7 Å². The molecule has 0 spiro atoms. The fourth-order valence-corrected chi connectivity index (χ4v) is 4.90. The van der Waals surface area contributed by atoms with E-state index in [0.29, 0.717) is 24.8 Å². The second kappa shape index (κ2) is 11.9. The predicted octanol–water partition coefficient (Wildman–Crippen LogP) is 2.30. The van der Waals surface area contributed by atoms with Crippen LogP contribution in [0.5, 0.6) is 5.75 Å². The number of nitrogens with zero attached hydrogens (tertiary/aromatic N) is 5. The number of alkyl carbamates (subject to hydrolysis) is 1. The lowest BCUT2D eigenvalue weighted by Gasteiger charge is -2.34. The lowest BCUT2D eigenvalue weighted by Crippen LogP contribution is -2.49. The highest BCUT2D eigenvalue weighted by molar-refractivity contribution is 5.98. The van der Waals surface area contributed by atoms with Crippen molar-refractivity contribution in [1.82, 2.24) is 24.0 Å². The zero-order valence-electron chi connectivity index (χ0n) is 24.3. The van der Waals surface area contributed by atoms with Crippen LogP contribution in [-0.2, 0) is 24.9 Å². The highest BCUT2D eigenvalue weighted by atomic mass is 16.6. The number of Topliss-reactive ketones (excluding diaryl/α,β-unsaturated/α-hetero) is 1. The molecule has 0 radical (unpaired) electrons. The molecule has 1 saturated heterocycles. The summed E-state index contributed by atoms with van der Waals surface area (Å²) >= 11 is 0. The van der Waals surface area contributed by atoms with Crippen molar-refractivity contribution in [2.75, 3.05) is 25.1 Å². The van der Waals surface area contributed by atoms with Gasteiger partial charge in [-0.25, -0.2) is 9.59 Å². The molecule has 0 aliphatic carbocycles. The number of para-hydroxylation sites is 1. The quantitative estimate of drug-likeness (QED) is 0.342. The van der Waals surface area contributed by atoms with E-state index in [1.165, 1.54) is 18.7 Å². The Morgan fingerprint density at radius 3 is 2.59 bits per heavy atom. The van der Waals surface area contributed by atoms with Gasteiger partial charge in [-0.15, -0.1) is 5.92 Å². The van der Waals surface area contributed by atoms with Gasteiger partial charge in [0.05, 0.1) is 25.8 Å². The number of aryl methyl sites for hydroxylation is 1. The first-order chi connectivity index (χ1) is 19.4. The Morgan fingerprint density at radius 1 is 1.17 bits per heavy atom. The second-order valence-corrected chi connectivity index (χ2v) is 10.9. The van der Waals surface area contributed by atoms with Crippen LogP contribution < -0.4 is 26.2 Å². The van der Waals surface area contributed by atoms with Crippen molar-refractivity contribution < 1.29 is 19.1 Å². The fourth-order valence-electron chi connectivity index (χ4n) is 4.90. The van der Waals surface area contributed by atoms with Gasteiger partial charge in [0, 0.05) is 26.2 Å². The number of hydrogen-bond acceptors (Lipinski definition) is 8. The van der Waals surface area contributed by atoms with Gasteiger partial charge in [0.25, 0.3) is 5.56 Å². The van der Waals surface area contributed by atoms with E-state index in [4.69, 9.17) is 14.5 Å². The standard InChI is InChI=1S/C29H36N6O6/c1-7-8-16-34-23-24(31-26(34)33-15-11-12-19(17-33)30-27(38)41-29(2,3)4)32(5)28(39)35(25(23)37)18-21(36)20-13-9-10-14-22(20)40-6/h9-10,13-14,19H,11-12,15-18H2,1-6H3,(H,30,38)/t19-/m1/s1. The molecule has 12 nitrogen and oxygen atoms in total. The minimum Gasteiger partial charge on any atom is -0.496 e. The van der Waals surface area contributed by atoms with Crippen molar-refractivity contribution in [3.63, 3.8) is 0 Å². The van der Waals surface area contributed by atoms with E-state index in [-0.39, 0.29) is 29.3 Å². The number of piperidine rings is 1. The zero-order valence-corrected chi connectivity index (χ0v) is 24.3. The van der Waals surface area contributed by atoms with Gasteiger partial charge in [0.15, 0.2) is 16.9 Å². The summed E-state index contributed by atoms with van der Waals surface area (Å²) in [5, 5.41) is 2.92. The largest absolute Gasteiger partial charge is 0.496 e. The van der Waals surface area contributed by atoms with E-state index in [9.17, 15) is 19.2 Å². The van der Waals surface area contributed by atoms with Gasteiger partial charge in [-0.3, -0.25) is 23.3 Å². The summed E-state index contributed by atoms with van der Waals surface area (Å²) < 4.78 is 14.6. The van der Waals surface area contributed by atoms with Gasteiger partial charge in [-0.1, -0.05) is 18.1 Å². The van der Waals surface area contributed by atoms with Crippen molar-refractivity contribution in [2.24, 2.45) is 7.05 Å². The number of carbonyl (C=O) groups is 2. The zero-order chi connectivity index (χ0) is 29.9. The number of hydrogen-bond donors (Lipinski definition) is 1. The number of benzene rings is 1. The van der Waals surface area contributed by atoms with Crippen molar-refractivity contribution in [1.29, 1.82) is 0 Å². The molecule has 1 aliphatic rings. The first-order valence-corrected chi connectivity index (χ1v) is 13.5. The van der Waals surface area contributed by atoms with Crippen LogP contribution >= 0.6 is 0 Å². The van der Waals surface area contributed by atoms with Crippen LogP contribution in [0.15, 0.2) is 33.9 Å². The van der Waals surface area contributed by atoms with Crippen LogP contribution in [-0.4, -0.2) is 62.4 Å². The highest BCUT2D eigenvalue weighted by Crippen LogP contribution is 2.24. The first kappa shape index (κ1) is 29.5. The maximum Gasteiger partial charge on any atom is 0.407 e. The van der Waals surface area contributed by atoms with Crippen LogP contribution in [0.2, 0.25) is 0 Å². The Balaban J connectivity index is 1.75. The van der Waals surface area contributed by atoms with Crippen LogP contribution in [0.3, 0.4) is 0 Å². The summed E-state index contributed by atoms with van der Waals surface area (Å²) in [6.45, 7) is 7.85. The third-order valence-corrected chi connectivity index (χ3v) is 6.76. The summed E-state index contributed by atoms with van der Waals surface area (Å²) in [7, 11) is 2.97. The third kappa shape index (κ3) is 6.29. The van der Waals surface area contributed by atoms with Crippen LogP contribution in [0.1, 0.15) is 50.9 Å². The minimum absolute atomic E-state index is 0.150. The lowest BCUT2D eigenvalue weighted by molar-refractivity contribution is 0.0499. The first-order valence-electron chi connectivity index (χ1n) is 13.5. The highest BCUT2D eigenvalue weighted by Gasteiger charge is 2.29. The molecule has 4 rings (SSSR count). The molecule has 1 atom stereocenters. The molecular weight excluding hydrogens is 528 g/mol. The van der Waals surface area contributed by atoms with E-state index >= 15 is 0 Å². The summed E-state index contributed by atoms with van der Waals surface area (Å²) in [5.74, 6) is 6.21. The molecule has 1 aliphatic heterocycles. The monoisotopic (exact) mass is 564 g/mol. The smallest absolute Gasteiger partial charge is 0.407 e. The molecule has 1 amide bonds. The van der Waals surface area contributed by atoms with Crippen molar-refractivity contribution in [2.45, 2.75) is 65.3 Å². The predicted molar refractivity (Wildman–Crippen MR) is 155 cm³/mol. The number of anilines is 1. The van der Waals surface area contributed by atoms with Gasteiger partial charge in [-0.2, -0.15) is 4.98 Å². The van der Waals surface area contributed by atoms with E-state index in [1.54, 1.807) is 56.5 Å². The maximum absolute atomic E-state index is 13.8. The molecule has 0 bridgehead atoms. The number of nitrogens with one attached hydrogen (secondary N) is 1. The summed E-state index contributed by atoms with van der Waals surface area (Å²) in [5.41, 5.74) is -1.29. The van der Waals surface area contributed by atoms with Gasteiger partial charge >= 0.3 is 11.8 Å². The Labute approximate surface area is 237 Å². The molecule has 0 unspecified atom stereocenters. The molecule has 41 heavy (non-hydrogen) atoms. The average Bonchev–Trinajstić information content (AvgIpc) is 3.31. The van der Waals surface area contributed by atoms with Gasteiger partial charge in [0.2, 0.25) is 5.95 Å². The van der Waals surface area contributed by atoms with Crippen molar-refractivity contribution >= 4 is 29.0 Å². The molecule has 1 aromatic carbocycles. The minimum atomic E-state index is -0.661. The van der Waals surface area contributed by atoms with Crippen LogP contribution in [0, 0.1) is 11.8 Å². The maximum atomic E-state index is 13.8. The van der Waals surface area contributed by atoms with E-state index in [0.717, 1.165) is 17.4 Å². The summed E-state index contributed by atoms with van der Waals surface area (Å²) in [6.07, 6.45) is 1.01. The number of imidazole rings is 1. The lowest BCUT2D eigenvalue weighted by atomic mass is 10.1. The summed E-state index contributed by atoms with van der Waals surface area (Å²) in [6, 6.07) is 6.45. The summed E-state index contributed by atoms with van der Waals surface area (Å²) in [4.78, 5) is 59.4. The van der Waals surface area contributed by atoms with Gasteiger partial charge in [-0.05, 0) is 52.7 Å². The van der Waals surface area contributed by atoms with Crippen LogP contribution in [0.25, 0.3) is 11.2 Å². The average molecular weight is 565 g/mol. The Bertz CT molecular complexity index is 1650. The number of amides is 1. The Hall–Kier alpha value is -4.53. The second-order valence-electron chi connectivity index (χ2n) is 10.9. The Morgan fingerprint density at radius 2 is 1.90 bits per heavy atom. The fraction of sp³-hybridized carbons (Fsp3) is 0.483. The molecule has 0 saturated carbocycles. The molecule has 3 heterocycles. The molecule has 2 aromatic heterocycles. The topological polar surface area (TPSA) is 130 Å². The SMILES string of the molecule is CC#CCn1c(N2CCC[C@@H](NC(=O)OC(C)(C)C)C2)nc2c1c(=O)n(CC(=O)c1ccccc1OC)c(=O)n2C. The van der Waals surface area contributed by atoms with Crippen LogP contribution in [0.4, 0.5) is 10.7 Å². The normalized spacial score (nSPS) is 15.3. The number of carbonyl (C=O) groups excluding carboxylic acids is 2. The number of methoxy groups -OCH3 is 1. The molecule has 1 fully saturated rings. The molecule has 3 aromatic rings. The van der Waals surface area contributed by atoms with Crippen molar-refractivity contribution in [3.8, 4) is 17.6 Å². The molecule has 1 N–H and O–H groups in total. The number of aromatic nitrogens is 4. The van der Waals surface area contributed by atoms with Gasteiger partial charge < -0.3 is 19.7 Å². The number of ketones is 1. The van der Waals surface area contributed by atoms with Gasteiger partial charge in [0.1, 0.15) is 11.4 Å². The number of ether oxygens (including phenoxy) is 2. The van der Waals surface area contributed by atoms with E-state index in [2.05, 4.69) is 17.2 Å². The number of rotatable bonds is 7. The molecule has 218 valence electrons. The third-order valence-electron chi connectivity index (χ3n) is 6.76.